The zero-order chi connectivity index (χ0) is 18.7. The van der Waals surface area contributed by atoms with Crippen LogP contribution in [0.3, 0.4) is 0 Å². The van der Waals surface area contributed by atoms with Gasteiger partial charge in [-0.15, -0.1) is 0 Å². The van der Waals surface area contributed by atoms with Gasteiger partial charge in [0.15, 0.2) is 0 Å². The minimum Gasteiger partial charge on any atom is -0.497 e. The number of carbonyl (C=O) groups excluding carboxylic acids is 2. The number of ether oxygens (including phenoxy) is 3. The summed E-state index contributed by atoms with van der Waals surface area (Å²) in [5.74, 6) is 0.842. The van der Waals surface area contributed by atoms with Crippen LogP contribution in [0.1, 0.15) is 6.42 Å². The van der Waals surface area contributed by atoms with Gasteiger partial charge in [0.05, 0.1) is 26.5 Å². The van der Waals surface area contributed by atoms with Gasteiger partial charge in [-0.1, -0.05) is 0 Å². The molecular weight excluding hydrogens is 338 g/mol. The third-order valence-corrected chi connectivity index (χ3v) is 4.73. The van der Waals surface area contributed by atoms with Gasteiger partial charge in [0, 0.05) is 37.8 Å². The van der Waals surface area contributed by atoms with Gasteiger partial charge in [-0.2, -0.15) is 0 Å². The predicted molar refractivity (Wildman–Crippen MR) is 95.7 cm³/mol. The zero-order valence-electron chi connectivity index (χ0n) is 15.4. The molecule has 2 amide bonds. The molecule has 142 valence electrons. The Morgan fingerprint density at radius 1 is 1.19 bits per heavy atom. The minimum atomic E-state index is -0.546. The Morgan fingerprint density at radius 3 is 2.50 bits per heavy atom. The van der Waals surface area contributed by atoms with Gasteiger partial charge in [-0.05, 0) is 13.5 Å². The number of anilines is 1. The second-order valence-corrected chi connectivity index (χ2v) is 6.53. The van der Waals surface area contributed by atoms with Crippen LogP contribution < -0.4 is 19.7 Å². The SMILES string of the molecule is COc1cc(OC)cc(N2CCC(NC(=O)C3CN(C)CCO3)C2=O)c1. The predicted octanol–water partition coefficient (Wildman–Crippen LogP) is 0.256. The lowest BCUT2D eigenvalue weighted by Gasteiger charge is -2.29. The van der Waals surface area contributed by atoms with Crippen molar-refractivity contribution in [1.82, 2.24) is 10.2 Å². The molecule has 2 unspecified atom stereocenters. The monoisotopic (exact) mass is 363 g/mol. The third kappa shape index (κ3) is 3.91. The normalized spacial score (nSPS) is 23.8. The number of benzene rings is 1. The molecule has 1 aromatic carbocycles. The van der Waals surface area contributed by atoms with Crippen molar-refractivity contribution >= 4 is 17.5 Å². The highest BCUT2D eigenvalue weighted by atomic mass is 16.5. The topological polar surface area (TPSA) is 80.3 Å². The zero-order valence-corrected chi connectivity index (χ0v) is 15.4. The fourth-order valence-corrected chi connectivity index (χ4v) is 3.22. The Morgan fingerprint density at radius 2 is 1.88 bits per heavy atom. The van der Waals surface area contributed by atoms with Crippen molar-refractivity contribution in [3.8, 4) is 11.5 Å². The first-order valence-corrected chi connectivity index (χ1v) is 8.67. The van der Waals surface area contributed by atoms with Crippen LogP contribution in [-0.2, 0) is 14.3 Å². The van der Waals surface area contributed by atoms with E-state index in [-0.39, 0.29) is 11.8 Å². The van der Waals surface area contributed by atoms with Gasteiger partial charge in [-0.25, -0.2) is 0 Å². The molecular formula is C18H25N3O5. The largest absolute Gasteiger partial charge is 0.497 e. The fraction of sp³-hybridized carbons (Fsp3) is 0.556. The summed E-state index contributed by atoms with van der Waals surface area (Å²) in [5, 5.41) is 2.83. The molecule has 2 aliphatic rings. The van der Waals surface area contributed by atoms with Crippen molar-refractivity contribution in [2.75, 3.05) is 52.4 Å². The van der Waals surface area contributed by atoms with E-state index in [1.54, 1.807) is 37.3 Å². The molecule has 2 aliphatic heterocycles. The molecule has 0 radical (unpaired) electrons. The van der Waals surface area contributed by atoms with Crippen LogP contribution in [0, 0.1) is 0 Å². The van der Waals surface area contributed by atoms with E-state index in [9.17, 15) is 9.59 Å². The first kappa shape index (κ1) is 18.5. The van der Waals surface area contributed by atoms with Crippen molar-refractivity contribution in [2.45, 2.75) is 18.6 Å². The van der Waals surface area contributed by atoms with Crippen LogP contribution in [0.25, 0.3) is 0 Å². The Hall–Kier alpha value is -2.32. The van der Waals surface area contributed by atoms with Crippen LogP contribution >= 0.6 is 0 Å². The first-order chi connectivity index (χ1) is 12.5. The van der Waals surface area contributed by atoms with E-state index < -0.39 is 12.1 Å². The summed E-state index contributed by atoms with van der Waals surface area (Å²) < 4.78 is 16.0. The Balaban J connectivity index is 1.67. The van der Waals surface area contributed by atoms with Crippen LogP contribution in [0.15, 0.2) is 18.2 Å². The van der Waals surface area contributed by atoms with E-state index in [0.717, 1.165) is 6.54 Å². The quantitative estimate of drug-likeness (QED) is 0.808. The maximum absolute atomic E-state index is 12.8. The van der Waals surface area contributed by atoms with Gasteiger partial charge in [0.2, 0.25) is 5.91 Å². The van der Waals surface area contributed by atoms with E-state index in [0.29, 0.717) is 43.3 Å². The Bertz CT molecular complexity index is 659. The van der Waals surface area contributed by atoms with Gasteiger partial charge >= 0.3 is 0 Å². The van der Waals surface area contributed by atoms with E-state index in [2.05, 4.69) is 5.32 Å². The summed E-state index contributed by atoms with van der Waals surface area (Å²) in [6, 6.07) is 4.77. The smallest absolute Gasteiger partial charge is 0.251 e. The van der Waals surface area contributed by atoms with E-state index in [1.165, 1.54) is 0 Å². The number of hydrogen-bond donors (Lipinski definition) is 1. The van der Waals surface area contributed by atoms with E-state index in [4.69, 9.17) is 14.2 Å². The van der Waals surface area contributed by atoms with Crippen molar-refractivity contribution in [3.05, 3.63) is 18.2 Å². The summed E-state index contributed by atoms with van der Waals surface area (Å²) >= 11 is 0. The fourth-order valence-electron chi connectivity index (χ4n) is 3.22. The van der Waals surface area contributed by atoms with E-state index >= 15 is 0 Å². The number of methoxy groups -OCH3 is 2. The molecule has 0 bridgehead atoms. The van der Waals surface area contributed by atoms with Gasteiger partial charge in [0.25, 0.3) is 5.91 Å². The average Bonchev–Trinajstić information content (AvgIpc) is 3.01. The molecule has 2 atom stereocenters. The molecule has 8 heteroatoms. The number of rotatable bonds is 5. The third-order valence-electron chi connectivity index (χ3n) is 4.73. The summed E-state index contributed by atoms with van der Waals surface area (Å²) in [5.41, 5.74) is 0.691. The molecule has 0 saturated carbocycles. The summed E-state index contributed by atoms with van der Waals surface area (Å²) in [7, 11) is 5.07. The van der Waals surface area contributed by atoms with Gasteiger partial charge in [0.1, 0.15) is 23.6 Å². The molecule has 3 rings (SSSR count). The summed E-state index contributed by atoms with van der Waals surface area (Å²) in [6.07, 6.45) is 0.0136. The Kier molecular flexibility index (Phi) is 5.63. The molecule has 0 aromatic heterocycles. The van der Waals surface area contributed by atoms with Crippen LogP contribution in [0.4, 0.5) is 5.69 Å². The number of likely N-dealkylation sites (N-methyl/N-ethyl adjacent to an activating group) is 1. The molecule has 2 saturated heterocycles. The first-order valence-electron chi connectivity index (χ1n) is 8.67. The minimum absolute atomic E-state index is 0.141. The van der Waals surface area contributed by atoms with Gasteiger partial charge < -0.3 is 29.3 Å². The maximum atomic E-state index is 12.8. The van der Waals surface area contributed by atoms with Crippen LogP contribution in [0.5, 0.6) is 11.5 Å². The van der Waals surface area contributed by atoms with Crippen molar-refractivity contribution in [3.63, 3.8) is 0 Å². The van der Waals surface area contributed by atoms with Crippen molar-refractivity contribution in [2.24, 2.45) is 0 Å². The summed E-state index contributed by atoms with van der Waals surface area (Å²) in [4.78, 5) is 28.9. The second kappa shape index (κ2) is 7.92. The van der Waals surface area contributed by atoms with Crippen molar-refractivity contribution in [1.29, 1.82) is 0 Å². The lowest BCUT2D eigenvalue weighted by molar-refractivity contribution is -0.140. The molecule has 1 aromatic rings. The van der Waals surface area contributed by atoms with Crippen molar-refractivity contribution < 1.29 is 23.8 Å². The Labute approximate surface area is 153 Å². The lowest BCUT2D eigenvalue weighted by Crippen LogP contribution is -2.52. The highest BCUT2D eigenvalue weighted by molar-refractivity contribution is 6.02. The molecule has 1 N–H and O–H groups in total. The maximum Gasteiger partial charge on any atom is 0.251 e. The number of amides is 2. The molecule has 8 nitrogen and oxygen atoms in total. The highest BCUT2D eigenvalue weighted by Crippen LogP contribution is 2.31. The molecule has 2 fully saturated rings. The van der Waals surface area contributed by atoms with Crippen LogP contribution in [0.2, 0.25) is 0 Å². The number of hydrogen-bond acceptors (Lipinski definition) is 6. The number of carbonyl (C=O) groups is 2. The van der Waals surface area contributed by atoms with Gasteiger partial charge in [-0.3, -0.25) is 9.59 Å². The molecule has 0 aliphatic carbocycles. The van der Waals surface area contributed by atoms with Crippen LogP contribution in [-0.4, -0.2) is 76.4 Å². The average molecular weight is 363 g/mol. The second-order valence-electron chi connectivity index (χ2n) is 6.53. The lowest BCUT2D eigenvalue weighted by atomic mass is 10.2. The number of morpholine rings is 1. The molecule has 2 heterocycles. The molecule has 26 heavy (non-hydrogen) atoms. The van der Waals surface area contributed by atoms with E-state index in [1.807, 2.05) is 11.9 Å². The highest BCUT2D eigenvalue weighted by Gasteiger charge is 2.36. The standard InChI is InChI=1S/C18H25N3O5/c1-20-6-7-26-16(11-20)17(22)19-15-4-5-21(18(15)23)12-8-13(24-2)10-14(9-12)25-3/h8-10,15-16H,4-7,11H2,1-3H3,(H,19,22). The number of nitrogens with zero attached hydrogens (tertiary/aromatic N) is 2. The molecule has 0 spiro atoms. The number of nitrogens with one attached hydrogen (secondary N) is 1. The summed E-state index contributed by atoms with van der Waals surface area (Å²) in [6.45, 7) is 2.37.